The van der Waals surface area contributed by atoms with Gasteiger partial charge < -0.3 is 9.80 Å². The van der Waals surface area contributed by atoms with Crippen molar-refractivity contribution in [3.8, 4) is 0 Å². The zero-order valence-electron chi connectivity index (χ0n) is 14.7. The van der Waals surface area contributed by atoms with Gasteiger partial charge in [-0.15, -0.1) is 0 Å². The maximum atomic E-state index is 13.0. The fourth-order valence-corrected chi connectivity index (χ4v) is 3.92. The van der Waals surface area contributed by atoms with Crippen molar-refractivity contribution >= 4 is 11.6 Å². The fourth-order valence-electron chi connectivity index (χ4n) is 3.92. The molecule has 5 heteroatoms. The van der Waals surface area contributed by atoms with Crippen LogP contribution < -0.4 is 4.90 Å². The molecule has 0 spiro atoms. The Balaban J connectivity index is 1.53. The molecule has 0 N–H and O–H groups in total. The first-order valence-corrected chi connectivity index (χ1v) is 9.17. The average molecular weight is 336 g/mol. The van der Waals surface area contributed by atoms with E-state index in [2.05, 4.69) is 27.0 Å². The van der Waals surface area contributed by atoms with E-state index in [1.807, 2.05) is 24.0 Å². The van der Waals surface area contributed by atoms with Crippen molar-refractivity contribution in [2.45, 2.75) is 38.6 Å². The number of rotatable bonds is 3. The van der Waals surface area contributed by atoms with Gasteiger partial charge in [0.15, 0.2) is 0 Å². The summed E-state index contributed by atoms with van der Waals surface area (Å²) in [6, 6.07) is 8.13. The molecule has 0 bridgehead atoms. The molecule has 4 rings (SSSR count). The topological polar surface area (TPSA) is 49.3 Å². The number of amides is 1. The first-order valence-electron chi connectivity index (χ1n) is 9.17. The Morgan fingerprint density at radius 2 is 1.80 bits per heavy atom. The molecular formula is C20H24N4O. The Labute approximate surface area is 148 Å². The molecular weight excluding hydrogens is 312 g/mol. The SMILES string of the molecule is Cc1cncc([C@H]2CCCN2C(=O)c2ccc(N3CCCC3)cc2)n1. The summed E-state index contributed by atoms with van der Waals surface area (Å²) < 4.78 is 0. The summed E-state index contributed by atoms with van der Waals surface area (Å²) >= 11 is 0. The zero-order chi connectivity index (χ0) is 17.2. The van der Waals surface area contributed by atoms with E-state index in [0.717, 1.165) is 49.4 Å². The highest BCUT2D eigenvalue weighted by Gasteiger charge is 2.31. The van der Waals surface area contributed by atoms with Crippen molar-refractivity contribution in [3.05, 3.63) is 53.6 Å². The Morgan fingerprint density at radius 3 is 2.52 bits per heavy atom. The lowest BCUT2D eigenvalue weighted by Crippen LogP contribution is -2.31. The zero-order valence-corrected chi connectivity index (χ0v) is 14.7. The molecule has 2 aromatic rings. The first kappa shape index (κ1) is 16.1. The minimum Gasteiger partial charge on any atom is -0.372 e. The van der Waals surface area contributed by atoms with E-state index in [-0.39, 0.29) is 11.9 Å². The number of hydrogen-bond donors (Lipinski definition) is 0. The summed E-state index contributed by atoms with van der Waals surface area (Å²) in [6.45, 7) is 4.96. The predicted octanol–water partition coefficient (Wildman–Crippen LogP) is 3.36. The van der Waals surface area contributed by atoms with Crippen LogP contribution in [-0.4, -0.2) is 40.4 Å². The Morgan fingerprint density at radius 1 is 1.04 bits per heavy atom. The van der Waals surface area contributed by atoms with Gasteiger partial charge in [-0.25, -0.2) is 0 Å². The first-order chi connectivity index (χ1) is 12.2. The summed E-state index contributed by atoms with van der Waals surface area (Å²) in [5.74, 6) is 0.0961. The Kier molecular flexibility index (Phi) is 4.38. The van der Waals surface area contributed by atoms with E-state index < -0.39 is 0 Å². The molecule has 5 nitrogen and oxygen atoms in total. The van der Waals surface area contributed by atoms with Crippen LogP contribution in [0.1, 0.15) is 53.5 Å². The number of aryl methyl sites for hydroxylation is 1. The second-order valence-corrected chi connectivity index (χ2v) is 6.98. The summed E-state index contributed by atoms with van der Waals surface area (Å²) in [5, 5.41) is 0. The molecule has 2 saturated heterocycles. The van der Waals surface area contributed by atoms with Crippen molar-refractivity contribution in [2.24, 2.45) is 0 Å². The van der Waals surface area contributed by atoms with Crippen LogP contribution in [-0.2, 0) is 0 Å². The number of hydrogen-bond acceptors (Lipinski definition) is 4. The smallest absolute Gasteiger partial charge is 0.254 e. The van der Waals surface area contributed by atoms with E-state index in [1.165, 1.54) is 18.5 Å². The van der Waals surface area contributed by atoms with Crippen LogP contribution in [0.5, 0.6) is 0 Å². The molecule has 25 heavy (non-hydrogen) atoms. The molecule has 2 fully saturated rings. The number of benzene rings is 1. The van der Waals surface area contributed by atoms with Gasteiger partial charge in [0.2, 0.25) is 0 Å². The third-order valence-electron chi connectivity index (χ3n) is 5.21. The number of carbonyl (C=O) groups excluding carboxylic acids is 1. The van der Waals surface area contributed by atoms with E-state index >= 15 is 0 Å². The van der Waals surface area contributed by atoms with Gasteiger partial charge in [0.05, 0.1) is 23.6 Å². The highest BCUT2D eigenvalue weighted by atomic mass is 16.2. The van der Waals surface area contributed by atoms with E-state index in [9.17, 15) is 4.79 Å². The highest BCUT2D eigenvalue weighted by Crippen LogP contribution is 2.32. The Hall–Kier alpha value is -2.43. The van der Waals surface area contributed by atoms with Gasteiger partial charge in [0, 0.05) is 37.1 Å². The van der Waals surface area contributed by atoms with Gasteiger partial charge >= 0.3 is 0 Å². The van der Waals surface area contributed by atoms with Crippen molar-refractivity contribution in [3.63, 3.8) is 0 Å². The standard InChI is InChI=1S/C20H24N4O/c1-15-13-21-14-18(22-15)19-5-4-12-24(19)20(25)16-6-8-17(9-7-16)23-10-2-3-11-23/h6-9,13-14,19H,2-5,10-12H2,1H3/t19-/m1/s1. The van der Waals surface area contributed by atoms with Crippen LogP contribution in [0.2, 0.25) is 0 Å². The van der Waals surface area contributed by atoms with Gasteiger partial charge in [-0.2, -0.15) is 0 Å². The Bertz CT molecular complexity index is 753. The second-order valence-electron chi connectivity index (χ2n) is 6.98. The third kappa shape index (κ3) is 3.23. The lowest BCUT2D eigenvalue weighted by Gasteiger charge is -2.25. The van der Waals surface area contributed by atoms with Crippen LogP contribution in [0.3, 0.4) is 0 Å². The molecule has 1 atom stereocenters. The minimum absolute atomic E-state index is 0.0400. The summed E-state index contributed by atoms with van der Waals surface area (Å²) in [7, 11) is 0. The van der Waals surface area contributed by atoms with E-state index in [0.29, 0.717) is 0 Å². The van der Waals surface area contributed by atoms with E-state index in [1.54, 1.807) is 12.4 Å². The van der Waals surface area contributed by atoms with Crippen LogP contribution in [0.25, 0.3) is 0 Å². The molecule has 0 unspecified atom stereocenters. The van der Waals surface area contributed by atoms with Crippen molar-refractivity contribution in [1.82, 2.24) is 14.9 Å². The second kappa shape index (κ2) is 6.82. The highest BCUT2D eigenvalue weighted by molar-refractivity contribution is 5.95. The summed E-state index contributed by atoms with van der Waals surface area (Å²) in [5.41, 5.74) is 3.78. The number of likely N-dealkylation sites (tertiary alicyclic amines) is 1. The molecule has 1 amide bonds. The molecule has 0 saturated carbocycles. The number of carbonyl (C=O) groups is 1. The lowest BCUT2D eigenvalue weighted by atomic mass is 10.1. The van der Waals surface area contributed by atoms with Gasteiger partial charge in [-0.1, -0.05) is 0 Å². The van der Waals surface area contributed by atoms with Gasteiger partial charge in [0.25, 0.3) is 5.91 Å². The van der Waals surface area contributed by atoms with Gasteiger partial charge in [0.1, 0.15) is 0 Å². The molecule has 130 valence electrons. The predicted molar refractivity (Wildman–Crippen MR) is 97.7 cm³/mol. The van der Waals surface area contributed by atoms with Crippen molar-refractivity contribution < 1.29 is 4.79 Å². The van der Waals surface area contributed by atoms with Crippen LogP contribution in [0, 0.1) is 6.92 Å². The molecule has 1 aromatic heterocycles. The largest absolute Gasteiger partial charge is 0.372 e. The molecule has 3 heterocycles. The number of nitrogens with zero attached hydrogens (tertiary/aromatic N) is 4. The average Bonchev–Trinajstić information content (AvgIpc) is 3.33. The monoisotopic (exact) mass is 336 g/mol. The third-order valence-corrected chi connectivity index (χ3v) is 5.21. The molecule has 0 radical (unpaired) electrons. The van der Waals surface area contributed by atoms with Crippen LogP contribution in [0.4, 0.5) is 5.69 Å². The molecule has 1 aromatic carbocycles. The van der Waals surface area contributed by atoms with Crippen LogP contribution in [0.15, 0.2) is 36.7 Å². The maximum Gasteiger partial charge on any atom is 0.254 e. The molecule has 2 aliphatic heterocycles. The maximum absolute atomic E-state index is 13.0. The normalized spacial score (nSPS) is 20.3. The number of anilines is 1. The number of aromatic nitrogens is 2. The minimum atomic E-state index is 0.0400. The van der Waals surface area contributed by atoms with Crippen molar-refractivity contribution in [1.29, 1.82) is 0 Å². The molecule has 2 aliphatic rings. The quantitative estimate of drug-likeness (QED) is 0.862. The fraction of sp³-hybridized carbons (Fsp3) is 0.450. The van der Waals surface area contributed by atoms with Gasteiger partial charge in [-0.3, -0.25) is 14.8 Å². The van der Waals surface area contributed by atoms with E-state index in [4.69, 9.17) is 0 Å². The van der Waals surface area contributed by atoms with Crippen molar-refractivity contribution in [2.75, 3.05) is 24.5 Å². The lowest BCUT2D eigenvalue weighted by molar-refractivity contribution is 0.0732. The molecule has 0 aliphatic carbocycles. The van der Waals surface area contributed by atoms with Gasteiger partial charge in [-0.05, 0) is 56.9 Å². The summed E-state index contributed by atoms with van der Waals surface area (Å²) in [4.78, 5) is 26.2. The summed E-state index contributed by atoms with van der Waals surface area (Å²) in [6.07, 6.45) is 8.02. The van der Waals surface area contributed by atoms with Crippen LogP contribution >= 0.6 is 0 Å².